The summed E-state index contributed by atoms with van der Waals surface area (Å²) in [6.45, 7) is 1.58. The van der Waals surface area contributed by atoms with E-state index in [9.17, 15) is 4.79 Å². The number of rotatable bonds is 2. The molecule has 0 radical (unpaired) electrons. The predicted molar refractivity (Wildman–Crippen MR) is 52.9 cm³/mol. The number of aromatic nitrogens is 1. The van der Waals surface area contributed by atoms with Crippen LogP contribution in [0.1, 0.15) is 0 Å². The van der Waals surface area contributed by atoms with E-state index in [1.54, 1.807) is 0 Å². The van der Waals surface area contributed by atoms with Crippen molar-refractivity contribution >= 4 is 24.4 Å². The van der Waals surface area contributed by atoms with Gasteiger partial charge in [-0.15, -0.1) is 0 Å². The van der Waals surface area contributed by atoms with Crippen molar-refractivity contribution in [2.45, 2.75) is 6.54 Å². The number of benzene rings is 1. The molecule has 0 bridgehead atoms. The zero-order chi connectivity index (χ0) is 9.26. The third-order valence-corrected chi connectivity index (χ3v) is 4.27. The minimum atomic E-state index is 0. The molecule has 0 aliphatic carbocycles. The van der Waals surface area contributed by atoms with Crippen molar-refractivity contribution in [1.29, 1.82) is 0 Å². The van der Waals surface area contributed by atoms with Gasteiger partial charge < -0.3 is 12.4 Å². The summed E-state index contributed by atoms with van der Waals surface area (Å²) in [5.41, 5.74) is 3.94. The molecule has 0 aliphatic rings. The second-order valence-electron chi connectivity index (χ2n) is 2.85. The van der Waals surface area contributed by atoms with E-state index in [4.69, 9.17) is 0 Å². The van der Waals surface area contributed by atoms with Crippen LogP contribution in [0.5, 0.6) is 0 Å². The van der Waals surface area contributed by atoms with Crippen LogP contribution in [-0.2, 0) is 6.54 Å². The van der Waals surface area contributed by atoms with E-state index >= 15 is 0 Å². The SMILES string of the molecule is [Cl-].[NH3+]CCn1[se]c2ccccc2c1=O. The molecular formula is C9H11ClN2OSe. The molecule has 0 saturated heterocycles. The molecule has 1 aromatic heterocycles. The average Bonchev–Trinajstić information content (AvgIpc) is 2.46. The average molecular weight is 278 g/mol. The van der Waals surface area contributed by atoms with Crippen molar-refractivity contribution in [3.63, 3.8) is 0 Å². The van der Waals surface area contributed by atoms with Crippen LogP contribution in [-0.4, -0.2) is 24.8 Å². The van der Waals surface area contributed by atoms with E-state index in [2.05, 4.69) is 5.73 Å². The van der Waals surface area contributed by atoms with Crippen LogP contribution in [0, 0.1) is 0 Å². The van der Waals surface area contributed by atoms with E-state index in [-0.39, 0.29) is 32.7 Å². The summed E-state index contributed by atoms with van der Waals surface area (Å²) in [6.07, 6.45) is 0. The van der Waals surface area contributed by atoms with E-state index in [0.29, 0.717) is 0 Å². The molecule has 2 rings (SSSR count). The first-order valence-corrected chi connectivity index (χ1v) is 5.83. The molecule has 5 heteroatoms. The van der Waals surface area contributed by atoms with Crippen molar-refractivity contribution in [2.24, 2.45) is 0 Å². The first-order valence-electron chi connectivity index (χ1n) is 4.21. The van der Waals surface area contributed by atoms with Crippen LogP contribution in [0.4, 0.5) is 0 Å². The molecule has 76 valence electrons. The number of fused-ring (bicyclic) bond motifs is 1. The number of quaternary nitrogens is 1. The zero-order valence-electron chi connectivity index (χ0n) is 7.57. The normalized spacial score (nSPS) is 10.1. The summed E-state index contributed by atoms with van der Waals surface area (Å²) in [4.78, 5) is 11.7. The summed E-state index contributed by atoms with van der Waals surface area (Å²) >= 11 is 0.186. The topological polar surface area (TPSA) is 49.6 Å². The molecule has 0 saturated carbocycles. The van der Waals surface area contributed by atoms with E-state index < -0.39 is 0 Å². The maximum atomic E-state index is 11.7. The Bertz CT molecular complexity index is 477. The Morgan fingerprint density at radius 3 is 2.71 bits per heavy atom. The van der Waals surface area contributed by atoms with Crippen LogP contribution >= 0.6 is 0 Å². The molecule has 1 aromatic carbocycles. The molecule has 3 N–H and O–H groups in total. The molecule has 0 amide bonds. The van der Waals surface area contributed by atoms with Gasteiger partial charge in [0, 0.05) is 0 Å². The Hall–Kier alpha value is -0.541. The summed E-state index contributed by atoms with van der Waals surface area (Å²) < 4.78 is 3.11. The zero-order valence-corrected chi connectivity index (χ0v) is 10.0. The molecule has 0 fully saturated rings. The summed E-state index contributed by atoms with van der Waals surface area (Å²) in [5.74, 6) is 0. The van der Waals surface area contributed by atoms with Gasteiger partial charge in [0.15, 0.2) is 0 Å². The molecule has 3 nitrogen and oxygen atoms in total. The van der Waals surface area contributed by atoms with Crippen LogP contribution in [0.3, 0.4) is 0 Å². The number of nitrogens with zero attached hydrogens (tertiary/aromatic N) is 1. The summed E-state index contributed by atoms with van der Waals surface area (Å²) in [6, 6.07) is 7.85. The first kappa shape index (κ1) is 11.5. The molecule has 14 heavy (non-hydrogen) atoms. The second-order valence-corrected chi connectivity index (χ2v) is 5.08. The van der Waals surface area contributed by atoms with Crippen molar-refractivity contribution in [1.82, 2.24) is 3.56 Å². The van der Waals surface area contributed by atoms with Gasteiger partial charge in [0.25, 0.3) is 0 Å². The van der Waals surface area contributed by atoms with Gasteiger partial charge in [-0.25, -0.2) is 0 Å². The third-order valence-electron chi connectivity index (χ3n) is 1.91. The molecule has 0 spiro atoms. The molecular weight excluding hydrogens is 267 g/mol. The fourth-order valence-electron chi connectivity index (χ4n) is 1.31. The van der Waals surface area contributed by atoms with Crippen LogP contribution in [0.15, 0.2) is 29.1 Å². The number of hydrogen-bond donors (Lipinski definition) is 1. The minimum absolute atomic E-state index is 0. The summed E-state index contributed by atoms with van der Waals surface area (Å²) in [7, 11) is 0. The van der Waals surface area contributed by atoms with Gasteiger partial charge in [-0.1, -0.05) is 0 Å². The quantitative estimate of drug-likeness (QED) is 0.565. The number of halogens is 1. The van der Waals surface area contributed by atoms with Crippen LogP contribution in [0.2, 0.25) is 0 Å². The Morgan fingerprint density at radius 2 is 2.07 bits per heavy atom. The van der Waals surface area contributed by atoms with E-state index in [1.165, 1.54) is 4.26 Å². The Labute approximate surface area is 93.9 Å². The van der Waals surface area contributed by atoms with Gasteiger partial charge in [-0.3, -0.25) is 0 Å². The van der Waals surface area contributed by atoms with Gasteiger partial charge in [-0.05, 0) is 0 Å². The third kappa shape index (κ3) is 1.93. The van der Waals surface area contributed by atoms with Crippen molar-refractivity contribution in [3.8, 4) is 0 Å². The van der Waals surface area contributed by atoms with E-state index in [0.717, 1.165) is 18.5 Å². The Kier molecular flexibility index (Phi) is 3.96. The van der Waals surface area contributed by atoms with Crippen molar-refractivity contribution in [3.05, 3.63) is 34.6 Å². The summed E-state index contributed by atoms with van der Waals surface area (Å²) in [5, 5.41) is 0.885. The molecule has 0 atom stereocenters. The Morgan fingerprint density at radius 1 is 1.36 bits per heavy atom. The maximum absolute atomic E-state index is 11.7. The standard InChI is InChI=1S/C9H10N2OSe.ClH/c10-5-6-11-9(12)7-3-1-2-4-8(7)13-11;/h1-4H,5-6,10H2;1H. The van der Waals surface area contributed by atoms with Gasteiger partial charge in [0.05, 0.1) is 0 Å². The number of hydrogen-bond acceptors (Lipinski definition) is 1. The predicted octanol–water partition coefficient (Wildman–Crippen LogP) is -3.70. The molecule has 0 aliphatic heterocycles. The fraction of sp³-hybridized carbons (Fsp3) is 0.222. The van der Waals surface area contributed by atoms with Crippen LogP contribution in [0.25, 0.3) is 9.65 Å². The van der Waals surface area contributed by atoms with Gasteiger partial charge in [0.2, 0.25) is 0 Å². The fourth-order valence-corrected chi connectivity index (χ4v) is 3.47. The first-order chi connectivity index (χ1) is 6.33. The van der Waals surface area contributed by atoms with Crippen LogP contribution < -0.4 is 23.7 Å². The van der Waals surface area contributed by atoms with E-state index in [1.807, 2.05) is 27.8 Å². The van der Waals surface area contributed by atoms with Gasteiger partial charge in [-0.2, -0.15) is 0 Å². The second kappa shape index (κ2) is 4.80. The van der Waals surface area contributed by atoms with Crippen molar-refractivity contribution < 1.29 is 18.1 Å². The van der Waals surface area contributed by atoms with Gasteiger partial charge in [0.1, 0.15) is 0 Å². The van der Waals surface area contributed by atoms with Crippen molar-refractivity contribution in [2.75, 3.05) is 6.54 Å². The molecule has 0 unspecified atom stereocenters. The molecule has 2 aromatic rings. The molecule has 1 heterocycles. The van der Waals surface area contributed by atoms with Gasteiger partial charge >= 0.3 is 81.4 Å². The Balaban J connectivity index is 0.000000980. The monoisotopic (exact) mass is 278 g/mol.